The monoisotopic (exact) mass is 281 g/mol. The first-order valence-electron chi connectivity index (χ1n) is 6.39. The van der Waals surface area contributed by atoms with Gasteiger partial charge in [0.2, 0.25) is 5.88 Å². The molecule has 2 nitrogen and oxygen atoms in total. The van der Waals surface area contributed by atoms with E-state index in [2.05, 4.69) is 47.6 Å². The lowest BCUT2D eigenvalue weighted by molar-refractivity contribution is 0.399. The molecule has 2 aromatic carbocycles. The minimum Gasteiger partial charge on any atom is -0.481 e. The lowest BCUT2D eigenvalue weighted by Gasteiger charge is -2.06. The third-order valence-electron chi connectivity index (χ3n) is 3.30. The zero-order chi connectivity index (χ0) is 13.9. The van der Waals surface area contributed by atoms with Crippen molar-refractivity contribution in [1.82, 2.24) is 4.98 Å². The van der Waals surface area contributed by atoms with Crippen molar-refractivity contribution in [3.05, 3.63) is 54.6 Å². The Hall–Kier alpha value is -2.00. The first kappa shape index (κ1) is 13.0. The smallest absolute Gasteiger partial charge is 0.213 e. The summed E-state index contributed by atoms with van der Waals surface area (Å²) >= 11 is 1.76. The molecule has 0 unspecified atom stereocenters. The Morgan fingerprint density at radius 3 is 2.35 bits per heavy atom. The van der Waals surface area contributed by atoms with E-state index in [1.54, 1.807) is 18.9 Å². The number of ether oxygens (including phenoxy) is 1. The van der Waals surface area contributed by atoms with Crippen LogP contribution in [0.4, 0.5) is 0 Å². The van der Waals surface area contributed by atoms with Gasteiger partial charge in [-0.2, -0.15) is 0 Å². The molecule has 100 valence electrons. The average molecular weight is 281 g/mol. The number of fused-ring (bicyclic) bond motifs is 1. The number of benzene rings is 2. The van der Waals surface area contributed by atoms with E-state index in [0.717, 1.165) is 10.9 Å². The highest BCUT2D eigenvalue weighted by atomic mass is 32.2. The van der Waals surface area contributed by atoms with Gasteiger partial charge in [0.05, 0.1) is 12.6 Å². The molecule has 0 spiro atoms. The van der Waals surface area contributed by atoms with E-state index in [4.69, 9.17) is 4.74 Å². The Kier molecular flexibility index (Phi) is 3.61. The largest absolute Gasteiger partial charge is 0.481 e. The minimum absolute atomic E-state index is 0.648. The second-order valence-electron chi connectivity index (χ2n) is 4.49. The van der Waals surface area contributed by atoms with Crippen molar-refractivity contribution in [2.75, 3.05) is 13.4 Å². The number of hydrogen-bond acceptors (Lipinski definition) is 3. The van der Waals surface area contributed by atoms with E-state index in [1.165, 1.54) is 16.0 Å². The van der Waals surface area contributed by atoms with E-state index in [1.807, 2.05) is 18.2 Å². The predicted molar refractivity (Wildman–Crippen MR) is 85.5 cm³/mol. The van der Waals surface area contributed by atoms with Gasteiger partial charge in [-0.25, -0.2) is 4.98 Å². The minimum atomic E-state index is 0.648. The summed E-state index contributed by atoms with van der Waals surface area (Å²) in [7, 11) is 1.63. The molecule has 0 N–H and O–H groups in total. The zero-order valence-electron chi connectivity index (χ0n) is 11.5. The predicted octanol–water partition coefficient (Wildman–Crippen LogP) is 4.63. The lowest BCUT2D eigenvalue weighted by atomic mass is 10.0. The molecular weight excluding hydrogens is 266 g/mol. The second-order valence-corrected chi connectivity index (χ2v) is 5.37. The third-order valence-corrected chi connectivity index (χ3v) is 4.04. The quantitative estimate of drug-likeness (QED) is 0.653. The van der Waals surface area contributed by atoms with Crippen LogP contribution in [0.3, 0.4) is 0 Å². The van der Waals surface area contributed by atoms with Crippen LogP contribution >= 0.6 is 11.8 Å². The van der Waals surface area contributed by atoms with Crippen molar-refractivity contribution in [2.24, 2.45) is 0 Å². The van der Waals surface area contributed by atoms with Crippen LogP contribution in [0.15, 0.2) is 59.5 Å². The molecule has 0 aliphatic heterocycles. The fourth-order valence-corrected chi connectivity index (χ4v) is 2.59. The Labute approximate surface area is 122 Å². The molecule has 1 aromatic heterocycles. The van der Waals surface area contributed by atoms with E-state index in [-0.39, 0.29) is 0 Å². The third kappa shape index (κ3) is 2.49. The zero-order valence-corrected chi connectivity index (χ0v) is 12.3. The average Bonchev–Trinajstić information content (AvgIpc) is 2.54. The number of hydrogen-bond donors (Lipinski definition) is 0. The van der Waals surface area contributed by atoms with Crippen LogP contribution in [0.2, 0.25) is 0 Å². The Morgan fingerprint density at radius 1 is 0.900 bits per heavy atom. The Balaban J connectivity index is 2.03. The Bertz CT molecular complexity index is 738. The lowest BCUT2D eigenvalue weighted by Crippen LogP contribution is -1.88. The first-order chi connectivity index (χ1) is 9.80. The summed E-state index contributed by atoms with van der Waals surface area (Å²) in [4.78, 5) is 5.71. The Morgan fingerprint density at radius 2 is 1.65 bits per heavy atom. The number of pyridine rings is 1. The molecule has 0 saturated heterocycles. The van der Waals surface area contributed by atoms with Crippen molar-refractivity contribution in [3.63, 3.8) is 0 Å². The molecule has 0 aliphatic rings. The van der Waals surface area contributed by atoms with E-state index < -0.39 is 0 Å². The maximum atomic E-state index is 5.15. The maximum absolute atomic E-state index is 5.15. The van der Waals surface area contributed by atoms with Crippen LogP contribution in [0, 0.1) is 0 Å². The summed E-state index contributed by atoms with van der Waals surface area (Å²) in [5, 5.41) is 1.12. The second kappa shape index (κ2) is 5.55. The molecular formula is C17H15NOS. The normalized spacial score (nSPS) is 10.7. The van der Waals surface area contributed by atoms with Gasteiger partial charge >= 0.3 is 0 Å². The van der Waals surface area contributed by atoms with Gasteiger partial charge < -0.3 is 4.74 Å². The van der Waals surface area contributed by atoms with Crippen molar-refractivity contribution in [3.8, 4) is 17.0 Å². The molecule has 0 radical (unpaired) electrons. The van der Waals surface area contributed by atoms with Crippen LogP contribution in [0.5, 0.6) is 5.88 Å². The van der Waals surface area contributed by atoms with Gasteiger partial charge in [0.1, 0.15) is 0 Å². The van der Waals surface area contributed by atoms with Crippen LogP contribution in [-0.4, -0.2) is 18.3 Å². The van der Waals surface area contributed by atoms with Gasteiger partial charge in [0, 0.05) is 16.3 Å². The molecule has 3 aromatic rings. The van der Waals surface area contributed by atoms with Gasteiger partial charge in [-0.05, 0) is 47.7 Å². The molecule has 20 heavy (non-hydrogen) atoms. The molecule has 0 amide bonds. The van der Waals surface area contributed by atoms with Gasteiger partial charge in [0.15, 0.2) is 0 Å². The van der Waals surface area contributed by atoms with Crippen molar-refractivity contribution in [1.29, 1.82) is 0 Å². The van der Waals surface area contributed by atoms with E-state index in [0.29, 0.717) is 5.88 Å². The molecule has 0 saturated carbocycles. The van der Waals surface area contributed by atoms with Crippen LogP contribution in [0.1, 0.15) is 0 Å². The van der Waals surface area contributed by atoms with Gasteiger partial charge in [-0.15, -0.1) is 11.8 Å². The molecule has 1 heterocycles. The van der Waals surface area contributed by atoms with Crippen LogP contribution in [0.25, 0.3) is 22.0 Å². The summed E-state index contributed by atoms with van der Waals surface area (Å²) in [5.74, 6) is 0.648. The van der Waals surface area contributed by atoms with Crippen molar-refractivity contribution >= 4 is 22.7 Å². The topological polar surface area (TPSA) is 22.1 Å². The molecule has 0 atom stereocenters. The molecule has 3 rings (SSSR count). The van der Waals surface area contributed by atoms with Crippen LogP contribution < -0.4 is 4.74 Å². The van der Waals surface area contributed by atoms with Gasteiger partial charge in [-0.1, -0.05) is 18.2 Å². The SMILES string of the molecule is COc1ccc2cc(-c3ccc(SC)cc3)ccc2n1. The summed E-state index contributed by atoms with van der Waals surface area (Å²) in [6.07, 6.45) is 2.09. The first-order valence-corrected chi connectivity index (χ1v) is 7.62. The standard InChI is InChI=1S/C17H15NOS/c1-19-17-10-6-14-11-13(5-9-16(14)18-17)12-3-7-15(20-2)8-4-12/h3-11H,1-2H3. The molecule has 0 aliphatic carbocycles. The highest BCUT2D eigenvalue weighted by Crippen LogP contribution is 2.26. The number of aromatic nitrogens is 1. The highest BCUT2D eigenvalue weighted by Gasteiger charge is 2.02. The number of rotatable bonds is 3. The summed E-state index contributed by atoms with van der Waals surface area (Å²) < 4.78 is 5.15. The molecule has 0 bridgehead atoms. The van der Waals surface area contributed by atoms with Crippen molar-refractivity contribution in [2.45, 2.75) is 4.90 Å². The van der Waals surface area contributed by atoms with Gasteiger partial charge in [0.25, 0.3) is 0 Å². The number of nitrogens with zero attached hydrogens (tertiary/aromatic N) is 1. The van der Waals surface area contributed by atoms with Gasteiger partial charge in [-0.3, -0.25) is 0 Å². The number of thioether (sulfide) groups is 1. The van der Waals surface area contributed by atoms with Crippen molar-refractivity contribution < 1.29 is 4.74 Å². The fraction of sp³-hybridized carbons (Fsp3) is 0.118. The number of methoxy groups -OCH3 is 1. The summed E-state index contributed by atoms with van der Waals surface area (Å²) in [6, 6.07) is 18.8. The molecule has 3 heteroatoms. The summed E-state index contributed by atoms with van der Waals surface area (Å²) in [6.45, 7) is 0. The fourth-order valence-electron chi connectivity index (χ4n) is 2.18. The summed E-state index contributed by atoms with van der Waals surface area (Å²) in [5.41, 5.74) is 3.38. The van der Waals surface area contributed by atoms with E-state index >= 15 is 0 Å². The van der Waals surface area contributed by atoms with Crippen LogP contribution in [-0.2, 0) is 0 Å². The highest BCUT2D eigenvalue weighted by molar-refractivity contribution is 7.98. The van der Waals surface area contributed by atoms with E-state index in [9.17, 15) is 0 Å². The molecule has 0 fully saturated rings. The maximum Gasteiger partial charge on any atom is 0.213 e.